The van der Waals surface area contributed by atoms with Gasteiger partial charge in [0.15, 0.2) is 0 Å². The number of halogens is 3. The van der Waals surface area contributed by atoms with Crippen molar-refractivity contribution < 1.29 is 37.2 Å². The van der Waals surface area contributed by atoms with Gasteiger partial charge < -0.3 is 9.64 Å². The Labute approximate surface area is 235 Å². The smallest absolute Gasteiger partial charge is 0.416 e. The fraction of sp³-hybridized carbons (Fsp3) is 0.179. The molecule has 1 fully saturated rings. The van der Waals surface area contributed by atoms with Gasteiger partial charge >= 0.3 is 11.9 Å². The van der Waals surface area contributed by atoms with Crippen LogP contribution in [0.1, 0.15) is 22.3 Å². The molecule has 0 spiro atoms. The van der Waals surface area contributed by atoms with Crippen molar-refractivity contribution in [3.63, 3.8) is 0 Å². The van der Waals surface area contributed by atoms with E-state index in [2.05, 4.69) is 0 Å². The van der Waals surface area contributed by atoms with Gasteiger partial charge in [-0.05, 0) is 65.2 Å². The van der Waals surface area contributed by atoms with Crippen LogP contribution in [0.4, 0.5) is 23.7 Å². The molecule has 2 aliphatic rings. The molecule has 0 aromatic heterocycles. The van der Waals surface area contributed by atoms with E-state index in [9.17, 15) is 37.7 Å². The largest absolute Gasteiger partial charge is 0.450 e. The normalized spacial score (nSPS) is 16.2. The van der Waals surface area contributed by atoms with E-state index < -0.39 is 33.5 Å². The maximum atomic E-state index is 12.9. The molecule has 41 heavy (non-hydrogen) atoms. The summed E-state index contributed by atoms with van der Waals surface area (Å²) in [6, 6.07) is 15.6. The molecule has 3 amide bonds. The summed E-state index contributed by atoms with van der Waals surface area (Å²) >= 11 is 0.699. The first kappa shape index (κ1) is 27.9. The molecule has 210 valence electrons. The minimum Gasteiger partial charge on any atom is -0.450 e. The number of alkyl halides is 3. The van der Waals surface area contributed by atoms with E-state index in [1.807, 2.05) is 24.3 Å². The van der Waals surface area contributed by atoms with Gasteiger partial charge in [0.1, 0.15) is 12.3 Å². The Hall–Kier alpha value is -4.65. The van der Waals surface area contributed by atoms with Crippen molar-refractivity contribution in [2.24, 2.45) is 0 Å². The summed E-state index contributed by atoms with van der Waals surface area (Å²) in [5.74, 6) is -1.21. The number of hydrogen-bond acceptors (Lipinski definition) is 7. The zero-order valence-corrected chi connectivity index (χ0v) is 21.9. The Kier molecular flexibility index (Phi) is 7.54. The number of nitro groups is 1. The SMILES string of the molecule is O=C(CN1C(=O)S/C(=C\c2ccc(Oc3ccc(C(F)(F)F)cc3[N+](=O)[O-])cc2)C1=O)N1CCc2ccccc2C1. The molecular weight excluding hydrogens is 563 g/mol. The van der Waals surface area contributed by atoms with Crippen LogP contribution in [0.3, 0.4) is 0 Å². The van der Waals surface area contributed by atoms with Gasteiger partial charge in [0.05, 0.1) is 15.4 Å². The van der Waals surface area contributed by atoms with Crippen LogP contribution in [-0.4, -0.2) is 44.9 Å². The molecule has 0 saturated carbocycles. The minimum absolute atomic E-state index is 0.104. The summed E-state index contributed by atoms with van der Waals surface area (Å²) in [6.45, 7) is 0.528. The zero-order chi connectivity index (χ0) is 29.3. The summed E-state index contributed by atoms with van der Waals surface area (Å²) in [5.41, 5.74) is 0.662. The highest BCUT2D eigenvalue weighted by Crippen LogP contribution is 2.38. The zero-order valence-electron chi connectivity index (χ0n) is 21.1. The summed E-state index contributed by atoms with van der Waals surface area (Å²) in [5, 5.41) is 10.7. The number of fused-ring (bicyclic) bond motifs is 1. The molecular formula is C28H20F3N3O6S. The lowest BCUT2D eigenvalue weighted by molar-refractivity contribution is -0.385. The number of nitrogens with zero attached hydrogens (tertiary/aromatic N) is 3. The number of ether oxygens (including phenoxy) is 1. The van der Waals surface area contributed by atoms with Crippen molar-refractivity contribution in [2.45, 2.75) is 19.1 Å². The van der Waals surface area contributed by atoms with E-state index in [0.29, 0.717) is 49.0 Å². The highest BCUT2D eigenvalue weighted by molar-refractivity contribution is 8.18. The Morgan fingerprint density at radius 1 is 1.05 bits per heavy atom. The highest BCUT2D eigenvalue weighted by Gasteiger charge is 2.37. The number of carbonyl (C=O) groups is 3. The number of thioether (sulfide) groups is 1. The molecule has 3 aromatic rings. The molecule has 1 saturated heterocycles. The van der Waals surface area contributed by atoms with Crippen LogP contribution >= 0.6 is 11.8 Å². The molecule has 9 nitrogen and oxygen atoms in total. The molecule has 5 rings (SSSR count). The lowest BCUT2D eigenvalue weighted by Crippen LogP contribution is -2.44. The van der Waals surface area contributed by atoms with Crippen molar-refractivity contribution >= 4 is 40.6 Å². The standard InChI is InChI=1S/C28H20F3N3O6S/c29-28(30,31)20-7-10-23(22(14-20)34(38)39)40-21-8-5-17(6-9-21)13-24-26(36)33(27(37)41-24)16-25(35)32-12-11-18-3-1-2-4-19(18)15-32/h1-10,13-14H,11-12,15-16H2/b24-13-. The van der Waals surface area contributed by atoms with Gasteiger partial charge in [-0.15, -0.1) is 0 Å². The number of carbonyl (C=O) groups excluding carboxylic acids is 3. The van der Waals surface area contributed by atoms with Gasteiger partial charge in [-0.2, -0.15) is 13.2 Å². The Balaban J connectivity index is 1.25. The fourth-order valence-corrected chi connectivity index (χ4v) is 5.25. The predicted octanol–water partition coefficient (Wildman–Crippen LogP) is 6.03. The van der Waals surface area contributed by atoms with Gasteiger partial charge in [0, 0.05) is 19.2 Å². The fourth-order valence-electron chi connectivity index (χ4n) is 4.41. The van der Waals surface area contributed by atoms with Gasteiger partial charge in [-0.1, -0.05) is 36.4 Å². The third kappa shape index (κ3) is 6.09. The van der Waals surface area contributed by atoms with Gasteiger partial charge in [-0.3, -0.25) is 29.4 Å². The number of imide groups is 1. The highest BCUT2D eigenvalue weighted by atomic mass is 32.2. The van der Waals surface area contributed by atoms with Gasteiger partial charge in [0.25, 0.3) is 11.1 Å². The van der Waals surface area contributed by atoms with Gasteiger partial charge in [-0.25, -0.2) is 0 Å². The third-order valence-corrected chi connectivity index (χ3v) is 7.45. The van der Waals surface area contributed by atoms with E-state index in [4.69, 9.17) is 4.74 Å². The molecule has 3 aromatic carbocycles. The lowest BCUT2D eigenvalue weighted by atomic mass is 10.00. The maximum absolute atomic E-state index is 12.9. The summed E-state index contributed by atoms with van der Waals surface area (Å²) in [6.07, 6.45) is -2.61. The topological polar surface area (TPSA) is 110 Å². The maximum Gasteiger partial charge on any atom is 0.416 e. The third-order valence-electron chi connectivity index (χ3n) is 6.54. The van der Waals surface area contributed by atoms with Crippen molar-refractivity contribution in [1.82, 2.24) is 9.80 Å². The summed E-state index contributed by atoms with van der Waals surface area (Å²) < 4.78 is 44.2. The number of hydrogen-bond donors (Lipinski definition) is 0. The Morgan fingerprint density at radius 2 is 1.76 bits per heavy atom. The van der Waals surface area contributed by atoms with Gasteiger partial charge in [0.2, 0.25) is 11.7 Å². The first-order valence-corrected chi connectivity index (χ1v) is 13.0. The molecule has 0 radical (unpaired) electrons. The lowest BCUT2D eigenvalue weighted by Gasteiger charge is -2.29. The van der Waals surface area contributed by atoms with Crippen LogP contribution in [0.2, 0.25) is 0 Å². The molecule has 0 atom stereocenters. The predicted molar refractivity (Wildman–Crippen MR) is 143 cm³/mol. The van der Waals surface area contributed by atoms with E-state index in [-0.39, 0.29) is 28.9 Å². The van der Waals surface area contributed by atoms with Crippen LogP contribution < -0.4 is 4.74 Å². The van der Waals surface area contributed by atoms with Crippen LogP contribution in [0.5, 0.6) is 11.5 Å². The second kappa shape index (κ2) is 11.1. The first-order valence-electron chi connectivity index (χ1n) is 12.2. The van der Waals surface area contributed by atoms with E-state index >= 15 is 0 Å². The van der Waals surface area contributed by atoms with Crippen molar-refractivity contribution in [2.75, 3.05) is 13.1 Å². The minimum atomic E-state index is -4.75. The number of amides is 3. The molecule has 13 heteroatoms. The molecule has 2 aliphatic heterocycles. The van der Waals surface area contributed by atoms with Crippen LogP contribution in [0, 0.1) is 10.1 Å². The average Bonchev–Trinajstić information content (AvgIpc) is 3.20. The molecule has 2 heterocycles. The molecule has 0 bridgehead atoms. The van der Waals surface area contributed by atoms with E-state index in [0.717, 1.165) is 16.5 Å². The van der Waals surface area contributed by atoms with Crippen molar-refractivity contribution in [1.29, 1.82) is 0 Å². The van der Waals surface area contributed by atoms with E-state index in [1.165, 1.54) is 35.9 Å². The monoisotopic (exact) mass is 583 g/mol. The Bertz CT molecular complexity index is 1590. The number of rotatable bonds is 6. The quantitative estimate of drug-likeness (QED) is 0.198. The second-order valence-corrected chi connectivity index (χ2v) is 10.2. The molecule has 0 N–H and O–H groups in total. The Morgan fingerprint density at radius 3 is 2.44 bits per heavy atom. The summed E-state index contributed by atoms with van der Waals surface area (Å²) in [4.78, 5) is 51.3. The summed E-state index contributed by atoms with van der Waals surface area (Å²) in [7, 11) is 0. The molecule has 0 unspecified atom stereocenters. The number of nitro benzene ring substituents is 1. The number of benzene rings is 3. The average molecular weight is 584 g/mol. The second-order valence-electron chi connectivity index (χ2n) is 9.21. The van der Waals surface area contributed by atoms with Crippen LogP contribution in [-0.2, 0) is 28.7 Å². The first-order chi connectivity index (χ1) is 19.5. The van der Waals surface area contributed by atoms with Crippen molar-refractivity contribution in [3.8, 4) is 11.5 Å². The van der Waals surface area contributed by atoms with Crippen LogP contribution in [0.15, 0.2) is 71.6 Å². The molecule has 0 aliphatic carbocycles. The van der Waals surface area contributed by atoms with E-state index in [1.54, 1.807) is 4.90 Å². The van der Waals surface area contributed by atoms with Crippen molar-refractivity contribution in [3.05, 3.63) is 104 Å². The van der Waals surface area contributed by atoms with Crippen LogP contribution in [0.25, 0.3) is 6.08 Å².